The lowest BCUT2D eigenvalue weighted by Crippen LogP contribution is -2.30. The first-order chi connectivity index (χ1) is 14.3. The number of nitrogens with zero attached hydrogens (tertiary/aromatic N) is 1. The fourth-order valence-corrected chi connectivity index (χ4v) is 3.13. The predicted octanol–water partition coefficient (Wildman–Crippen LogP) is 3.55. The van der Waals surface area contributed by atoms with E-state index in [2.05, 4.69) is 15.3 Å². The minimum atomic E-state index is -0.943. The number of aryl methyl sites for hydroxylation is 1. The monoisotopic (exact) mass is 407 g/mol. The fraction of sp³-hybridized carbons (Fsp3) is 0.304. The van der Waals surface area contributed by atoms with Gasteiger partial charge in [0.25, 0.3) is 11.5 Å². The van der Waals surface area contributed by atoms with Crippen molar-refractivity contribution in [3.8, 4) is 0 Å². The highest BCUT2D eigenvalue weighted by molar-refractivity contribution is 5.95. The Hall–Kier alpha value is -3.48. The molecule has 1 aromatic heterocycles. The van der Waals surface area contributed by atoms with E-state index in [9.17, 15) is 14.4 Å². The number of aromatic nitrogens is 2. The number of para-hydroxylation sites is 2. The zero-order valence-electron chi connectivity index (χ0n) is 17.3. The van der Waals surface area contributed by atoms with Crippen molar-refractivity contribution in [1.29, 1.82) is 0 Å². The summed E-state index contributed by atoms with van der Waals surface area (Å²) >= 11 is 0. The van der Waals surface area contributed by atoms with Crippen molar-refractivity contribution in [1.82, 2.24) is 9.97 Å². The minimum Gasteiger partial charge on any atom is -0.453 e. The molecule has 0 bridgehead atoms. The molecule has 0 saturated carbocycles. The maximum atomic E-state index is 12.4. The lowest BCUT2D eigenvalue weighted by molar-refractivity contribution is -0.153. The second-order valence-electron chi connectivity index (χ2n) is 7.39. The van der Waals surface area contributed by atoms with Gasteiger partial charge in [-0.15, -0.1) is 0 Å². The Labute approximate surface area is 174 Å². The maximum absolute atomic E-state index is 12.4. The molecule has 1 heterocycles. The molecule has 3 aromatic rings. The molecular formula is C23H25N3O4. The number of esters is 1. The number of nitrogens with one attached hydrogen (secondary N) is 2. The van der Waals surface area contributed by atoms with Gasteiger partial charge in [-0.25, -0.2) is 4.98 Å². The lowest BCUT2D eigenvalue weighted by atomic mass is 10.0. The Kier molecular flexibility index (Phi) is 6.61. The molecule has 156 valence electrons. The summed E-state index contributed by atoms with van der Waals surface area (Å²) in [6.07, 6.45) is -0.730. The maximum Gasteiger partial charge on any atom is 0.307 e. The highest BCUT2D eigenvalue weighted by Gasteiger charge is 2.19. The molecule has 1 atom stereocenters. The van der Waals surface area contributed by atoms with Crippen LogP contribution in [0, 0.1) is 0 Å². The van der Waals surface area contributed by atoms with Crippen molar-refractivity contribution in [2.75, 3.05) is 5.32 Å². The van der Waals surface area contributed by atoms with Gasteiger partial charge in [-0.05, 0) is 36.6 Å². The highest BCUT2D eigenvalue weighted by atomic mass is 16.5. The molecule has 7 nitrogen and oxygen atoms in total. The normalized spacial score (nSPS) is 12.0. The molecule has 0 unspecified atom stereocenters. The van der Waals surface area contributed by atoms with Gasteiger partial charge in [-0.2, -0.15) is 0 Å². The van der Waals surface area contributed by atoms with Crippen LogP contribution in [0.25, 0.3) is 10.9 Å². The molecule has 0 aliphatic rings. The number of rotatable bonds is 7. The average molecular weight is 407 g/mol. The molecule has 7 heteroatoms. The standard InChI is InChI=1S/C23H25N3O4/c1-14(2)16-8-4-6-10-18(16)25-22(28)15(3)30-21(27)13-12-20-24-19-11-7-5-9-17(19)23(29)26-20/h4-11,14-15H,12-13H2,1-3H3,(H,25,28)(H,24,26,29)/t15-/m1/s1. The van der Waals surface area contributed by atoms with E-state index >= 15 is 0 Å². The average Bonchev–Trinajstić information content (AvgIpc) is 2.72. The summed E-state index contributed by atoms with van der Waals surface area (Å²) in [5, 5.41) is 3.32. The van der Waals surface area contributed by atoms with Gasteiger partial charge in [0.2, 0.25) is 0 Å². The molecule has 0 aliphatic heterocycles. The molecule has 0 saturated heterocycles. The van der Waals surface area contributed by atoms with Gasteiger partial charge in [-0.1, -0.05) is 44.2 Å². The number of carbonyl (C=O) groups is 2. The van der Waals surface area contributed by atoms with Gasteiger partial charge in [-0.3, -0.25) is 14.4 Å². The first kappa shape index (κ1) is 21.2. The SMILES string of the molecule is CC(C)c1ccccc1NC(=O)[C@@H](C)OC(=O)CCc1nc2ccccc2c(=O)[nH]1. The zero-order valence-corrected chi connectivity index (χ0v) is 17.3. The lowest BCUT2D eigenvalue weighted by Gasteiger charge is -2.17. The molecule has 2 N–H and O–H groups in total. The number of aromatic amines is 1. The van der Waals surface area contributed by atoms with Crippen molar-refractivity contribution in [2.45, 2.75) is 45.6 Å². The predicted molar refractivity (Wildman–Crippen MR) is 115 cm³/mol. The van der Waals surface area contributed by atoms with Crippen LogP contribution in [0.4, 0.5) is 5.69 Å². The van der Waals surface area contributed by atoms with Gasteiger partial charge in [0.05, 0.1) is 17.3 Å². The van der Waals surface area contributed by atoms with Crippen LogP contribution in [0.3, 0.4) is 0 Å². The molecule has 1 amide bonds. The van der Waals surface area contributed by atoms with Crippen LogP contribution in [-0.4, -0.2) is 27.9 Å². The number of hydrogen-bond donors (Lipinski definition) is 2. The Morgan fingerprint density at radius 3 is 2.53 bits per heavy atom. The summed E-state index contributed by atoms with van der Waals surface area (Å²) in [6.45, 7) is 5.61. The molecular weight excluding hydrogens is 382 g/mol. The van der Waals surface area contributed by atoms with Crippen molar-refractivity contribution in [3.63, 3.8) is 0 Å². The first-order valence-electron chi connectivity index (χ1n) is 9.92. The van der Waals surface area contributed by atoms with E-state index in [1.807, 2.05) is 38.1 Å². The van der Waals surface area contributed by atoms with E-state index in [0.717, 1.165) is 5.56 Å². The van der Waals surface area contributed by atoms with E-state index in [-0.39, 0.29) is 24.3 Å². The van der Waals surface area contributed by atoms with Crippen LogP contribution in [0.15, 0.2) is 53.3 Å². The third-order valence-corrected chi connectivity index (χ3v) is 4.75. The largest absolute Gasteiger partial charge is 0.453 e. The highest BCUT2D eigenvalue weighted by Crippen LogP contribution is 2.23. The second-order valence-corrected chi connectivity index (χ2v) is 7.39. The van der Waals surface area contributed by atoms with Crippen molar-refractivity contribution in [3.05, 3.63) is 70.3 Å². The number of anilines is 1. The Balaban J connectivity index is 1.57. The number of fused-ring (bicyclic) bond motifs is 1. The molecule has 30 heavy (non-hydrogen) atoms. The van der Waals surface area contributed by atoms with Crippen molar-refractivity contribution in [2.24, 2.45) is 0 Å². The van der Waals surface area contributed by atoms with Gasteiger partial charge < -0.3 is 15.0 Å². The van der Waals surface area contributed by atoms with Crippen LogP contribution in [0.2, 0.25) is 0 Å². The number of H-pyrrole nitrogens is 1. The molecule has 0 fully saturated rings. The summed E-state index contributed by atoms with van der Waals surface area (Å²) in [4.78, 5) is 43.8. The van der Waals surface area contributed by atoms with Gasteiger partial charge in [0.1, 0.15) is 5.82 Å². The Bertz CT molecular complexity index is 1120. The molecule has 0 radical (unpaired) electrons. The summed E-state index contributed by atoms with van der Waals surface area (Å²) in [5.74, 6) is -0.283. The topological polar surface area (TPSA) is 101 Å². The number of benzene rings is 2. The van der Waals surface area contributed by atoms with E-state index in [1.165, 1.54) is 6.92 Å². The summed E-state index contributed by atoms with van der Waals surface area (Å²) in [7, 11) is 0. The number of hydrogen-bond acceptors (Lipinski definition) is 5. The minimum absolute atomic E-state index is 0.00147. The van der Waals surface area contributed by atoms with Crippen molar-refractivity contribution < 1.29 is 14.3 Å². The number of amides is 1. The third-order valence-electron chi connectivity index (χ3n) is 4.75. The summed E-state index contributed by atoms with van der Waals surface area (Å²) < 4.78 is 5.25. The molecule has 0 aliphatic carbocycles. The molecule has 0 spiro atoms. The zero-order chi connectivity index (χ0) is 21.7. The van der Waals surface area contributed by atoms with Crippen LogP contribution < -0.4 is 10.9 Å². The van der Waals surface area contributed by atoms with Crippen molar-refractivity contribution >= 4 is 28.5 Å². The fourth-order valence-electron chi connectivity index (χ4n) is 3.13. The van der Waals surface area contributed by atoms with Gasteiger partial charge >= 0.3 is 5.97 Å². The first-order valence-corrected chi connectivity index (χ1v) is 9.92. The van der Waals surface area contributed by atoms with Crippen LogP contribution in [0.5, 0.6) is 0 Å². The summed E-state index contributed by atoms with van der Waals surface area (Å²) in [5.41, 5.74) is 2.04. The van der Waals surface area contributed by atoms with Gasteiger partial charge in [0, 0.05) is 12.1 Å². The number of ether oxygens (including phenoxy) is 1. The van der Waals surface area contributed by atoms with Gasteiger partial charge in [0.15, 0.2) is 6.10 Å². The van der Waals surface area contributed by atoms with Crippen LogP contribution >= 0.6 is 0 Å². The number of carbonyl (C=O) groups excluding carboxylic acids is 2. The van der Waals surface area contributed by atoms with E-state index in [1.54, 1.807) is 24.3 Å². The van der Waals surface area contributed by atoms with E-state index < -0.39 is 18.0 Å². The third kappa shape index (κ3) is 5.11. The van der Waals surface area contributed by atoms with Crippen LogP contribution in [0.1, 0.15) is 44.5 Å². The van der Waals surface area contributed by atoms with Crippen LogP contribution in [-0.2, 0) is 20.7 Å². The van der Waals surface area contributed by atoms with E-state index in [0.29, 0.717) is 22.4 Å². The Morgan fingerprint density at radius 2 is 1.77 bits per heavy atom. The Morgan fingerprint density at radius 1 is 1.07 bits per heavy atom. The van der Waals surface area contributed by atoms with E-state index in [4.69, 9.17) is 4.74 Å². The quantitative estimate of drug-likeness (QED) is 0.583. The molecule has 3 rings (SSSR count). The molecule has 2 aromatic carbocycles. The second kappa shape index (κ2) is 9.35. The smallest absolute Gasteiger partial charge is 0.307 e. The summed E-state index contributed by atoms with van der Waals surface area (Å²) in [6, 6.07) is 14.5.